The summed E-state index contributed by atoms with van der Waals surface area (Å²) in [4.78, 5) is 26.0. The molecule has 22 heavy (non-hydrogen) atoms. The number of nitrogens with one attached hydrogen (secondary N) is 1. The molecule has 2 fully saturated rings. The van der Waals surface area contributed by atoms with E-state index >= 15 is 0 Å². The number of ether oxygens (including phenoxy) is 1. The summed E-state index contributed by atoms with van der Waals surface area (Å²) in [6, 6.07) is 3.20. The highest BCUT2D eigenvalue weighted by atomic mass is 16.5. The number of methoxy groups -OCH3 is 1. The molecule has 0 radical (unpaired) electrons. The van der Waals surface area contributed by atoms with E-state index in [4.69, 9.17) is 4.74 Å². The predicted octanol–water partition coefficient (Wildman–Crippen LogP) is 1.64. The lowest BCUT2D eigenvalue weighted by Crippen LogP contribution is -2.39. The molecule has 1 N–H and O–H groups in total. The number of H-pyrrole nitrogens is 1. The molecule has 1 saturated carbocycles. The average molecular weight is 305 g/mol. The number of nitrogens with zero attached hydrogens (tertiary/aromatic N) is 2. The van der Waals surface area contributed by atoms with Crippen molar-refractivity contribution >= 4 is 5.91 Å². The maximum absolute atomic E-state index is 12.9. The number of hydrogen-bond acceptors (Lipinski definition) is 4. The van der Waals surface area contributed by atoms with Crippen LogP contribution in [0.15, 0.2) is 16.9 Å². The van der Waals surface area contributed by atoms with Crippen molar-refractivity contribution < 1.29 is 9.53 Å². The Bertz CT molecular complexity index is 566. The SMILES string of the molecule is COC1CCCC(C(=O)N2CCCC2c2ccc(=O)[nH]n2)C1. The molecule has 3 unspecified atom stereocenters. The zero-order valence-corrected chi connectivity index (χ0v) is 13.0. The zero-order chi connectivity index (χ0) is 15.5. The number of aromatic amines is 1. The fourth-order valence-electron chi connectivity index (χ4n) is 3.70. The van der Waals surface area contributed by atoms with Crippen molar-refractivity contribution in [2.75, 3.05) is 13.7 Å². The van der Waals surface area contributed by atoms with E-state index in [1.165, 1.54) is 6.07 Å². The van der Waals surface area contributed by atoms with Crippen LogP contribution >= 0.6 is 0 Å². The first-order valence-corrected chi connectivity index (χ1v) is 8.08. The lowest BCUT2D eigenvalue weighted by Gasteiger charge is -2.32. The van der Waals surface area contributed by atoms with Gasteiger partial charge in [-0.05, 0) is 38.2 Å². The van der Waals surface area contributed by atoms with Crippen LogP contribution in [-0.2, 0) is 9.53 Å². The van der Waals surface area contributed by atoms with Gasteiger partial charge in [0.25, 0.3) is 5.56 Å². The van der Waals surface area contributed by atoms with E-state index in [1.807, 2.05) is 4.90 Å². The predicted molar refractivity (Wildman–Crippen MR) is 81.3 cm³/mol. The van der Waals surface area contributed by atoms with Gasteiger partial charge in [0.05, 0.1) is 17.8 Å². The molecule has 0 aromatic carbocycles. The molecule has 6 heteroatoms. The van der Waals surface area contributed by atoms with Gasteiger partial charge in [-0.25, -0.2) is 5.10 Å². The molecule has 1 aliphatic carbocycles. The largest absolute Gasteiger partial charge is 0.381 e. The fraction of sp³-hybridized carbons (Fsp3) is 0.688. The van der Waals surface area contributed by atoms with Gasteiger partial charge in [-0.2, -0.15) is 5.10 Å². The van der Waals surface area contributed by atoms with Gasteiger partial charge in [-0.1, -0.05) is 6.42 Å². The normalized spacial score (nSPS) is 28.8. The summed E-state index contributed by atoms with van der Waals surface area (Å²) in [6.07, 6.45) is 5.95. The maximum atomic E-state index is 12.9. The Kier molecular flexibility index (Phi) is 4.57. The Balaban J connectivity index is 1.73. The van der Waals surface area contributed by atoms with Gasteiger partial charge in [-0.15, -0.1) is 0 Å². The topological polar surface area (TPSA) is 75.3 Å². The second-order valence-corrected chi connectivity index (χ2v) is 6.26. The third-order valence-corrected chi connectivity index (χ3v) is 4.89. The van der Waals surface area contributed by atoms with Gasteiger partial charge in [0.1, 0.15) is 0 Å². The monoisotopic (exact) mass is 305 g/mol. The van der Waals surface area contributed by atoms with Crippen molar-refractivity contribution in [2.24, 2.45) is 5.92 Å². The van der Waals surface area contributed by atoms with Gasteiger partial charge >= 0.3 is 0 Å². The van der Waals surface area contributed by atoms with E-state index in [-0.39, 0.29) is 29.5 Å². The number of carbonyl (C=O) groups excluding carboxylic acids is 1. The Morgan fingerprint density at radius 2 is 2.18 bits per heavy atom. The summed E-state index contributed by atoms with van der Waals surface area (Å²) in [5, 5.41) is 6.58. The molecule has 1 saturated heterocycles. The van der Waals surface area contributed by atoms with E-state index in [9.17, 15) is 9.59 Å². The minimum atomic E-state index is -0.213. The molecule has 2 aliphatic rings. The van der Waals surface area contributed by atoms with E-state index in [0.717, 1.165) is 50.8 Å². The van der Waals surface area contributed by atoms with Crippen LogP contribution in [0.25, 0.3) is 0 Å². The van der Waals surface area contributed by atoms with Crippen LogP contribution in [0.2, 0.25) is 0 Å². The fourth-order valence-corrected chi connectivity index (χ4v) is 3.70. The van der Waals surface area contributed by atoms with Crippen LogP contribution in [0, 0.1) is 5.92 Å². The Morgan fingerprint density at radius 3 is 2.91 bits per heavy atom. The second-order valence-electron chi connectivity index (χ2n) is 6.26. The third-order valence-electron chi connectivity index (χ3n) is 4.89. The van der Waals surface area contributed by atoms with Gasteiger partial charge in [-0.3, -0.25) is 9.59 Å². The summed E-state index contributed by atoms with van der Waals surface area (Å²) in [5.41, 5.74) is 0.569. The summed E-state index contributed by atoms with van der Waals surface area (Å²) in [6.45, 7) is 0.776. The maximum Gasteiger partial charge on any atom is 0.264 e. The molecule has 3 atom stereocenters. The van der Waals surface area contributed by atoms with Gasteiger partial charge in [0.15, 0.2) is 0 Å². The van der Waals surface area contributed by atoms with E-state index in [1.54, 1.807) is 13.2 Å². The van der Waals surface area contributed by atoms with Crippen molar-refractivity contribution in [2.45, 2.75) is 50.7 Å². The minimum absolute atomic E-state index is 0.00716. The van der Waals surface area contributed by atoms with Crippen molar-refractivity contribution in [3.63, 3.8) is 0 Å². The molecule has 2 heterocycles. The third kappa shape index (κ3) is 3.06. The van der Waals surface area contributed by atoms with Crippen molar-refractivity contribution in [3.05, 3.63) is 28.2 Å². The lowest BCUT2D eigenvalue weighted by molar-refractivity contribution is -0.139. The zero-order valence-electron chi connectivity index (χ0n) is 13.0. The Labute approximate surface area is 129 Å². The number of aromatic nitrogens is 2. The molecule has 6 nitrogen and oxygen atoms in total. The molecule has 1 aromatic heterocycles. The number of likely N-dealkylation sites (tertiary alicyclic amines) is 1. The van der Waals surface area contributed by atoms with Crippen LogP contribution in [0.4, 0.5) is 0 Å². The molecule has 3 rings (SSSR count). The molecular formula is C16H23N3O3. The van der Waals surface area contributed by atoms with Gasteiger partial charge < -0.3 is 9.64 Å². The standard InChI is InChI=1S/C16H23N3O3/c1-22-12-5-2-4-11(10-12)16(21)19-9-3-6-14(19)13-7-8-15(20)18-17-13/h7-8,11-12,14H,2-6,9-10H2,1H3,(H,18,20). The Morgan fingerprint density at radius 1 is 1.32 bits per heavy atom. The smallest absolute Gasteiger partial charge is 0.264 e. The number of rotatable bonds is 3. The highest BCUT2D eigenvalue weighted by molar-refractivity contribution is 5.79. The van der Waals surface area contributed by atoms with Crippen LogP contribution < -0.4 is 5.56 Å². The quantitative estimate of drug-likeness (QED) is 0.921. The summed E-state index contributed by atoms with van der Waals surface area (Å²) in [7, 11) is 1.72. The number of amides is 1. The summed E-state index contributed by atoms with van der Waals surface area (Å²) in [5.74, 6) is 0.277. The second kappa shape index (κ2) is 6.60. The highest BCUT2D eigenvalue weighted by Crippen LogP contribution is 2.35. The number of carbonyl (C=O) groups is 1. The summed E-state index contributed by atoms with van der Waals surface area (Å²) >= 11 is 0. The van der Waals surface area contributed by atoms with Gasteiger partial charge in [0.2, 0.25) is 5.91 Å². The Hall–Kier alpha value is -1.69. The molecule has 120 valence electrons. The first-order valence-electron chi connectivity index (χ1n) is 8.08. The van der Waals surface area contributed by atoms with E-state index < -0.39 is 0 Å². The number of hydrogen-bond donors (Lipinski definition) is 1. The molecule has 1 amide bonds. The summed E-state index contributed by atoms with van der Waals surface area (Å²) < 4.78 is 5.44. The van der Waals surface area contributed by atoms with Crippen molar-refractivity contribution in [1.82, 2.24) is 15.1 Å². The van der Waals surface area contributed by atoms with Crippen LogP contribution in [-0.4, -0.2) is 40.8 Å². The average Bonchev–Trinajstić information content (AvgIpc) is 3.04. The van der Waals surface area contributed by atoms with E-state index in [0.29, 0.717) is 0 Å². The van der Waals surface area contributed by atoms with Gasteiger partial charge in [0, 0.05) is 25.6 Å². The van der Waals surface area contributed by atoms with Crippen LogP contribution in [0.1, 0.15) is 50.3 Å². The minimum Gasteiger partial charge on any atom is -0.381 e. The molecular weight excluding hydrogens is 282 g/mol. The molecule has 1 aromatic rings. The first kappa shape index (κ1) is 15.2. The van der Waals surface area contributed by atoms with Crippen molar-refractivity contribution in [3.8, 4) is 0 Å². The highest BCUT2D eigenvalue weighted by Gasteiger charge is 2.36. The first-order chi connectivity index (χ1) is 10.7. The van der Waals surface area contributed by atoms with Crippen molar-refractivity contribution in [1.29, 1.82) is 0 Å². The molecule has 0 spiro atoms. The van der Waals surface area contributed by atoms with Crippen LogP contribution in [0.5, 0.6) is 0 Å². The lowest BCUT2D eigenvalue weighted by atomic mass is 9.86. The molecule has 1 aliphatic heterocycles. The molecule has 0 bridgehead atoms. The van der Waals surface area contributed by atoms with E-state index in [2.05, 4.69) is 10.2 Å². The van der Waals surface area contributed by atoms with Crippen LogP contribution in [0.3, 0.4) is 0 Å².